The van der Waals surface area contributed by atoms with E-state index in [0.717, 1.165) is 0 Å². The molecule has 89 valence electrons. The Kier molecular flexibility index (Phi) is 6.22. The topological polar surface area (TPSA) is 0 Å². The first kappa shape index (κ1) is 13.3. The predicted octanol–water partition coefficient (Wildman–Crippen LogP) is 4.94. The van der Waals surface area contributed by atoms with Crippen LogP contribution in [0.2, 0.25) is 0 Å². The van der Waals surface area contributed by atoms with E-state index in [2.05, 4.69) is 45.4 Å². The Morgan fingerprint density at radius 3 is 2.31 bits per heavy atom. The molecule has 1 aromatic rings. The number of hydrogen-bond donors (Lipinski definition) is 0. The molecule has 1 aromatic carbocycles. The summed E-state index contributed by atoms with van der Waals surface area (Å²) < 4.78 is 0. The van der Waals surface area contributed by atoms with E-state index in [1.807, 2.05) is 0 Å². The van der Waals surface area contributed by atoms with Gasteiger partial charge in [-0.15, -0.1) is 0 Å². The van der Waals surface area contributed by atoms with Crippen LogP contribution in [0.4, 0.5) is 0 Å². The van der Waals surface area contributed by atoms with Gasteiger partial charge in [-0.05, 0) is 42.4 Å². The maximum absolute atomic E-state index is 2.41. The summed E-state index contributed by atoms with van der Waals surface area (Å²) in [6.45, 7) is 6.74. The summed E-state index contributed by atoms with van der Waals surface area (Å²) in [5, 5.41) is 0. The van der Waals surface area contributed by atoms with Crippen molar-refractivity contribution in [3.05, 3.63) is 41.3 Å². The van der Waals surface area contributed by atoms with Crippen LogP contribution in [-0.4, -0.2) is 0 Å². The zero-order valence-electron chi connectivity index (χ0n) is 11.1. The van der Waals surface area contributed by atoms with Crippen LogP contribution < -0.4 is 0 Å². The Morgan fingerprint density at radius 1 is 0.938 bits per heavy atom. The van der Waals surface area contributed by atoms with Gasteiger partial charge in [-0.2, -0.15) is 0 Å². The lowest BCUT2D eigenvalue weighted by Crippen LogP contribution is -1.95. The molecule has 0 saturated heterocycles. The summed E-state index contributed by atoms with van der Waals surface area (Å²) in [6, 6.07) is 7.02. The molecule has 16 heavy (non-hydrogen) atoms. The average molecular weight is 217 g/mol. The number of benzene rings is 1. The van der Waals surface area contributed by atoms with Gasteiger partial charge in [0, 0.05) is 0 Å². The van der Waals surface area contributed by atoms with E-state index in [9.17, 15) is 0 Å². The van der Waals surface area contributed by atoms with Crippen LogP contribution in [0.5, 0.6) is 0 Å². The quantitative estimate of drug-likeness (QED) is 0.606. The highest BCUT2D eigenvalue weighted by Gasteiger charge is 2.03. The zero-order valence-corrected chi connectivity index (χ0v) is 11.1. The Bertz CT molecular complexity index is 299. The number of unbranched alkanes of at least 4 members (excludes halogenated alkanes) is 1. The smallest absolute Gasteiger partial charge is 0.00904 e. The van der Waals surface area contributed by atoms with Gasteiger partial charge in [0.05, 0.1) is 0 Å². The molecule has 0 N–H and O–H groups in total. The van der Waals surface area contributed by atoms with E-state index in [0.29, 0.717) is 0 Å². The van der Waals surface area contributed by atoms with Gasteiger partial charge >= 0.3 is 0 Å². The van der Waals surface area contributed by atoms with Gasteiger partial charge in [-0.3, -0.25) is 0 Å². The molecule has 0 saturated carbocycles. The monoisotopic (exact) mass is 217 g/mol. The van der Waals surface area contributed by atoms with Crippen LogP contribution in [0.25, 0.3) is 0 Å². The highest BCUT2D eigenvalue weighted by atomic mass is 14.1. The lowest BCUT2D eigenvalue weighted by Gasteiger charge is -2.10. The first-order valence-electron chi connectivity index (χ1n) is 6.76. The second kappa shape index (κ2) is 7.49. The molecule has 0 aliphatic rings. The molecule has 0 heterocycles. The summed E-state index contributed by atoms with van der Waals surface area (Å²) >= 11 is 0. The van der Waals surface area contributed by atoms with Crippen LogP contribution in [0.3, 0.4) is 0 Å². The highest BCUT2D eigenvalue weighted by Crippen LogP contribution is 2.18. The molecular formula is C16H25. The average Bonchev–Trinajstić information content (AvgIpc) is 2.29. The van der Waals surface area contributed by atoms with Crippen LogP contribution in [-0.2, 0) is 12.8 Å². The van der Waals surface area contributed by atoms with Gasteiger partial charge in [0.15, 0.2) is 0 Å². The van der Waals surface area contributed by atoms with E-state index in [1.165, 1.54) is 49.7 Å². The fourth-order valence-corrected chi connectivity index (χ4v) is 2.09. The molecule has 0 fully saturated rings. The van der Waals surface area contributed by atoms with Gasteiger partial charge in [0.2, 0.25) is 0 Å². The maximum Gasteiger partial charge on any atom is -0.00904 e. The van der Waals surface area contributed by atoms with Crippen molar-refractivity contribution < 1.29 is 0 Å². The SMILES string of the molecule is CCC[CH]c1ccc(CCC)cc1CCC. The molecule has 0 unspecified atom stereocenters. The summed E-state index contributed by atoms with van der Waals surface area (Å²) in [4.78, 5) is 0. The minimum atomic E-state index is 1.20. The molecule has 0 aliphatic heterocycles. The van der Waals surface area contributed by atoms with Crippen molar-refractivity contribution in [2.75, 3.05) is 0 Å². The molecular weight excluding hydrogens is 192 g/mol. The van der Waals surface area contributed by atoms with Crippen molar-refractivity contribution in [1.29, 1.82) is 0 Å². The van der Waals surface area contributed by atoms with E-state index in [1.54, 1.807) is 5.56 Å². The van der Waals surface area contributed by atoms with Gasteiger partial charge in [0.1, 0.15) is 0 Å². The van der Waals surface area contributed by atoms with Crippen LogP contribution in [0, 0.1) is 6.42 Å². The molecule has 0 amide bonds. The van der Waals surface area contributed by atoms with Crippen molar-refractivity contribution in [1.82, 2.24) is 0 Å². The Morgan fingerprint density at radius 2 is 1.69 bits per heavy atom. The summed E-state index contributed by atoms with van der Waals surface area (Å²) in [6.07, 6.45) is 9.73. The summed E-state index contributed by atoms with van der Waals surface area (Å²) in [5.41, 5.74) is 4.50. The lowest BCUT2D eigenvalue weighted by atomic mass is 9.95. The molecule has 0 atom stereocenters. The first-order valence-corrected chi connectivity index (χ1v) is 6.76. The molecule has 0 bridgehead atoms. The minimum Gasteiger partial charge on any atom is -0.0654 e. The third-order valence-electron chi connectivity index (χ3n) is 2.92. The second-order valence-electron chi connectivity index (χ2n) is 4.53. The molecule has 1 radical (unpaired) electrons. The summed E-state index contributed by atoms with van der Waals surface area (Å²) in [7, 11) is 0. The van der Waals surface area contributed by atoms with E-state index >= 15 is 0 Å². The van der Waals surface area contributed by atoms with E-state index < -0.39 is 0 Å². The minimum absolute atomic E-state index is 1.20. The highest BCUT2D eigenvalue weighted by molar-refractivity contribution is 5.36. The van der Waals surface area contributed by atoms with Gasteiger partial charge in [0.25, 0.3) is 0 Å². The van der Waals surface area contributed by atoms with Crippen molar-refractivity contribution >= 4 is 0 Å². The predicted molar refractivity (Wildman–Crippen MR) is 72.7 cm³/mol. The Hall–Kier alpha value is -0.780. The fourth-order valence-electron chi connectivity index (χ4n) is 2.09. The standard InChI is InChI=1S/C16H25/c1-4-7-10-15-12-11-14(8-5-2)13-16(15)9-6-3/h10-13H,4-9H2,1-3H3. The van der Waals surface area contributed by atoms with Crippen molar-refractivity contribution in [3.8, 4) is 0 Å². The number of hydrogen-bond acceptors (Lipinski definition) is 0. The van der Waals surface area contributed by atoms with Gasteiger partial charge in [-0.25, -0.2) is 0 Å². The largest absolute Gasteiger partial charge is 0.0654 e. The molecule has 0 aromatic heterocycles. The molecule has 0 nitrogen and oxygen atoms in total. The third-order valence-corrected chi connectivity index (χ3v) is 2.92. The van der Waals surface area contributed by atoms with Crippen molar-refractivity contribution in [3.63, 3.8) is 0 Å². The maximum atomic E-state index is 2.41. The van der Waals surface area contributed by atoms with Gasteiger partial charge in [-0.1, -0.05) is 58.2 Å². The normalized spacial score (nSPS) is 10.7. The Balaban J connectivity index is 2.80. The first-order chi connectivity index (χ1) is 7.81. The fraction of sp³-hybridized carbons (Fsp3) is 0.562. The summed E-state index contributed by atoms with van der Waals surface area (Å²) in [5.74, 6) is 0. The van der Waals surface area contributed by atoms with E-state index in [4.69, 9.17) is 0 Å². The molecule has 0 spiro atoms. The van der Waals surface area contributed by atoms with Crippen molar-refractivity contribution in [2.45, 2.75) is 59.3 Å². The zero-order chi connectivity index (χ0) is 11.8. The molecule has 1 rings (SSSR count). The third kappa shape index (κ3) is 4.00. The number of rotatable bonds is 7. The molecule has 0 heteroatoms. The van der Waals surface area contributed by atoms with Crippen LogP contribution in [0.15, 0.2) is 18.2 Å². The van der Waals surface area contributed by atoms with E-state index in [-0.39, 0.29) is 0 Å². The van der Waals surface area contributed by atoms with Crippen molar-refractivity contribution in [2.24, 2.45) is 0 Å². The molecule has 0 aliphatic carbocycles. The number of aryl methyl sites for hydroxylation is 2. The van der Waals surface area contributed by atoms with Gasteiger partial charge < -0.3 is 0 Å². The van der Waals surface area contributed by atoms with Crippen LogP contribution in [0.1, 0.15) is 63.1 Å². The van der Waals surface area contributed by atoms with Crippen LogP contribution >= 0.6 is 0 Å². The second-order valence-corrected chi connectivity index (χ2v) is 4.53. The lowest BCUT2D eigenvalue weighted by molar-refractivity contribution is 0.870. The Labute approximate surface area is 101 Å².